The van der Waals surface area contributed by atoms with E-state index in [0.717, 1.165) is 12.1 Å². The van der Waals surface area contributed by atoms with Crippen molar-refractivity contribution in [2.24, 2.45) is 0 Å². The number of benzene rings is 1. The standard InChI is InChI=1S/C14H17BrN2S/c1-17-10-3-4-11(17)8-14(7-10)16-12-5-2-9(15)6-13(12)18-14/h2,5-6,10-11,16H,3-4,7-8H2,1H3. The van der Waals surface area contributed by atoms with Crippen LogP contribution in [0.5, 0.6) is 0 Å². The summed E-state index contributed by atoms with van der Waals surface area (Å²) in [5.74, 6) is 0. The van der Waals surface area contributed by atoms with Crippen LogP contribution in [-0.4, -0.2) is 28.9 Å². The van der Waals surface area contributed by atoms with Gasteiger partial charge in [-0.15, -0.1) is 0 Å². The molecule has 0 amide bonds. The van der Waals surface area contributed by atoms with Gasteiger partial charge in [-0.1, -0.05) is 27.7 Å². The van der Waals surface area contributed by atoms with Gasteiger partial charge in [0, 0.05) is 27.1 Å². The summed E-state index contributed by atoms with van der Waals surface area (Å²) in [6.45, 7) is 0. The molecule has 3 aliphatic heterocycles. The number of fused-ring (bicyclic) bond motifs is 3. The third kappa shape index (κ3) is 1.65. The summed E-state index contributed by atoms with van der Waals surface area (Å²) >= 11 is 5.63. The molecular formula is C14H17BrN2S. The molecule has 0 saturated carbocycles. The number of halogens is 1. The fourth-order valence-corrected chi connectivity index (χ4v) is 5.84. The van der Waals surface area contributed by atoms with Crippen LogP contribution >= 0.6 is 27.7 Å². The molecule has 0 aliphatic carbocycles. The topological polar surface area (TPSA) is 15.3 Å². The molecule has 2 bridgehead atoms. The fourth-order valence-electron chi connectivity index (χ4n) is 3.78. The molecule has 1 spiro atoms. The summed E-state index contributed by atoms with van der Waals surface area (Å²) in [4.78, 5) is 4.28. The summed E-state index contributed by atoms with van der Waals surface area (Å²) in [6, 6.07) is 8.15. The monoisotopic (exact) mass is 324 g/mol. The molecule has 4 rings (SSSR count). The molecule has 96 valence electrons. The molecule has 3 heterocycles. The van der Waals surface area contributed by atoms with E-state index in [2.05, 4.69) is 63.2 Å². The van der Waals surface area contributed by atoms with Gasteiger partial charge < -0.3 is 10.2 Å². The van der Waals surface area contributed by atoms with Gasteiger partial charge in [-0.2, -0.15) is 0 Å². The second kappa shape index (κ2) is 3.90. The lowest BCUT2D eigenvalue weighted by Crippen LogP contribution is -2.50. The normalized spacial score (nSPS) is 37.9. The van der Waals surface area contributed by atoms with Gasteiger partial charge in [0.15, 0.2) is 0 Å². The van der Waals surface area contributed by atoms with E-state index in [1.54, 1.807) is 0 Å². The lowest BCUT2D eigenvalue weighted by Gasteiger charge is -2.42. The molecule has 1 N–H and O–H groups in total. The lowest BCUT2D eigenvalue weighted by molar-refractivity contribution is 0.159. The molecule has 2 atom stereocenters. The number of piperidine rings is 1. The van der Waals surface area contributed by atoms with E-state index in [0.29, 0.717) is 0 Å². The molecule has 18 heavy (non-hydrogen) atoms. The average Bonchev–Trinajstić information content (AvgIpc) is 2.75. The largest absolute Gasteiger partial charge is 0.369 e. The summed E-state index contributed by atoms with van der Waals surface area (Å²) in [6.07, 6.45) is 5.31. The molecule has 1 aromatic rings. The van der Waals surface area contributed by atoms with Gasteiger partial charge in [-0.25, -0.2) is 0 Å². The van der Waals surface area contributed by atoms with Crippen LogP contribution in [0.4, 0.5) is 5.69 Å². The highest BCUT2D eigenvalue weighted by molar-refractivity contribution is 9.10. The van der Waals surface area contributed by atoms with Gasteiger partial charge in [0.05, 0.1) is 4.87 Å². The van der Waals surface area contributed by atoms with Gasteiger partial charge in [0.2, 0.25) is 0 Å². The number of nitrogens with zero attached hydrogens (tertiary/aromatic N) is 1. The first-order valence-corrected chi connectivity index (χ1v) is 8.25. The number of thioether (sulfide) groups is 1. The highest BCUT2D eigenvalue weighted by Gasteiger charge is 2.49. The molecule has 1 aromatic carbocycles. The maximum absolute atomic E-state index is 3.81. The molecule has 2 fully saturated rings. The number of anilines is 1. The highest BCUT2D eigenvalue weighted by Crippen LogP contribution is 2.55. The van der Waals surface area contributed by atoms with Crippen molar-refractivity contribution >= 4 is 33.4 Å². The third-order valence-corrected chi connectivity index (χ3v) is 6.60. The van der Waals surface area contributed by atoms with Crippen LogP contribution in [0.3, 0.4) is 0 Å². The zero-order valence-electron chi connectivity index (χ0n) is 10.4. The van der Waals surface area contributed by atoms with E-state index in [9.17, 15) is 0 Å². The number of rotatable bonds is 0. The van der Waals surface area contributed by atoms with Crippen molar-refractivity contribution in [1.29, 1.82) is 0 Å². The first kappa shape index (κ1) is 11.6. The van der Waals surface area contributed by atoms with Crippen molar-refractivity contribution in [2.75, 3.05) is 12.4 Å². The molecule has 4 heteroatoms. The summed E-state index contributed by atoms with van der Waals surface area (Å²) < 4.78 is 1.18. The van der Waals surface area contributed by atoms with E-state index in [-0.39, 0.29) is 4.87 Å². The average molecular weight is 325 g/mol. The van der Waals surface area contributed by atoms with Gasteiger partial charge in [-0.05, 0) is 50.9 Å². The first-order chi connectivity index (χ1) is 8.65. The molecule has 2 saturated heterocycles. The van der Waals surface area contributed by atoms with Crippen LogP contribution in [0, 0.1) is 0 Å². The Morgan fingerprint density at radius 3 is 2.78 bits per heavy atom. The minimum atomic E-state index is 0.265. The van der Waals surface area contributed by atoms with Gasteiger partial charge in [-0.3, -0.25) is 0 Å². The van der Waals surface area contributed by atoms with Gasteiger partial charge in [0.25, 0.3) is 0 Å². The van der Waals surface area contributed by atoms with Crippen LogP contribution in [0.25, 0.3) is 0 Å². The molecular weight excluding hydrogens is 308 g/mol. The second-order valence-electron chi connectivity index (χ2n) is 5.82. The SMILES string of the molecule is CN1C2CCC1CC1(C2)Nc2ccc(Br)cc2S1. The Labute approximate surface area is 121 Å². The van der Waals surface area contributed by atoms with Crippen molar-refractivity contribution < 1.29 is 0 Å². The van der Waals surface area contributed by atoms with Crippen LogP contribution < -0.4 is 5.32 Å². The van der Waals surface area contributed by atoms with Crippen molar-refractivity contribution in [3.8, 4) is 0 Å². The fraction of sp³-hybridized carbons (Fsp3) is 0.571. The number of hydrogen-bond acceptors (Lipinski definition) is 3. The molecule has 0 radical (unpaired) electrons. The highest BCUT2D eigenvalue weighted by atomic mass is 79.9. The Morgan fingerprint density at radius 2 is 2.06 bits per heavy atom. The Hall–Kier alpha value is -0.190. The minimum Gasteiger partial charge on any atom is -0.369 e. The van der Waals surface area contributed by atoms with E-state index in [1.165, 1.54) is 40.7 Å². The lowest BCUT2D eigenvalue weighted by atomic mass is 9.97. The maximum atomic E-state index is 3.81. The molecule has 2 unspecified atom stereocenters. The van der Waals surface area contributed by atoms with Crippen molar-refractivity contribution in [3.63, 3.8) is 0 Å². The Morgan fingerprint density at radius 1 is 1.33 bits per heavy atom. The summed E-state index contributed by atoms with van der Waals surface area (Å²) in [5, 5.41) is 3.81. The third-order valence-electron chi connectivity index (χ3n) is 4.73. The quantitative estimate of drug-likeness (QED) is 0.778. The Balaban J connectivity index is 1.65. The zero-order valence-corrected chi connectivity index (χ0v) is 12.9. The predicted molar refractivity (Wildman–Crippen MR) is 80.2 cm³/mol. The second-order valence-corrected chi connectivity index (χ2v) is 8.16. The zero-order chi connectivity index (χ0) is 12.3. The smallest absolute Gasteiger partial charge is 0.0910 e. The van der Waals surface area contributed by atoms with Gasteiger partial charge in [0.1, 0.15) is 0 Å². The van der Waals surface area contributed by atoms with Gasteiger partial charge >= 0.3 is 0 Å². The van der Waals surface area contributed by atoms with Crippen LogP contribution in [0.1, 0.15) is 25.7 Å². The van der Waals surface area contributed by atoms with Crippen LogP contribution in [-0.2, 0) is 0 Å². The van der Waals surface area contributed by atoms with E-state index < -0.39 is 0 Å². The van der Waals surface area contributed by atoms with Crippen LogP contribution in [0.15, 0.2) is 27.6 Å². The maximum Gasteiger partial charge on any atom is 0.0910 e. The summed E-state index contributed by atoms with van der Waals surface area (Å²) in [7, 11) is 2.30. The Kier molecular flexibility index (Phi) is 2.52. The van der Waals surface area contributed by atoms with Crippen LogP contribution in [0.2, 0.25) is 0 Å². The molecule has 0 aromatic heterocycles. The van der Waals surface area contributed by atoms with Crippen molar-refractivity contribution in [2.45, 2.75) is 47.5 Å². The first-order valence-electron chi connectivity index (χ1n) is 6.64. The predicted octanol–water partition coefficient (Wildman–Crippen LogP) is 3.92. The number of nitrogens with one attached hydrogen (secondary N) is 1. The minimum absolute atomic E-state index is 0.265. The molecule has 2 nitrogen and oxygen atoms in total. The van der Waals surface area contributed by atoms with E-state index in [4.69, 9.17) is 0 Å². The van der Waals surface area contributed by atoms with E-state index >= 15 is 0 Å². The number of hydrogen-bond donors (Lipinski definition) is 1. The van der Waals surface area contributed by atoms with Crippen molar-refractivity contribution in [1.82, 2.24) is 4.90 Å². The summed E-state index contributed by atoms with van der Waals surface area (Å²) in [5.41, 5.74) is 1.33. The molecule has 3 aliphatic rings. The van der Waals surface area contributed by atoms with E-state index in [1.807, 2.05) is 0 Å². The Bertz CT molecular complexity index is 491. The van der Waals surface area contributed by atoms with Crippen molar-refractivity contribution in [3.05, 3.63) is 22.7 Å².